The normalized spacial score (nSPS) is 10.6. The van der Waals surface area contributed by atoms with E-state index in [2.05, 4.69) is 10.4 Å². The summed E-state index contributed by atoms with van der Waals surface area (Å²) in [4.78, 5) is 11.1. The summed E-state index contributed by atoms with van der Waals surface area (Å²) < 4.78 is 1.74. The van der Waals surface area contributed by atoms with E-state index in [-0.39, 0.29) is 9.92 Å². The zero-order valence-electron chi connectivity index (χ0n) is 9.29. The van der Waals surface area contributed by atoms with Gasteiger partial charge in [0.2, 0.25) is 0 Å². The fraction of sp³-hybridized carbons (Fsp3) is 0.300. The standard InChI is InChI=1S/C10H12N4O2S/c1-13-5-4-8(12-13)6-11-7-9-2-3-10(17-9)14(15)16/h2-5,11H,6-7H2,1H3. The number of nitrogens with one attached hydrogen (secondary N) is 1. The van der Waals surface area contributed by atoms with E-state index in [0.717, 1.165) is 10.6 Å². The largest absolute Gasteiger partial charge is 0.324 e. The van der Waals surface area contributed by atoms with Crippen molar-refractivity contribution in [2.24, 2.45) is 7.05 Å². The maximum Gasteiger partial charge on any atom is 0.324 e. The Hall–Kier alpha value is -1.73. The van der Waals surface area contributed by atoms with E-state index < -0.39 is 0 Å². The van der Waals surface area contributed by atoms with E-state index in [1.165, 1.54) is 17.4 Å². The molecule has 0 saturated heterocycles. The molecule has 0 spiro atoms. The van der Waals surface area contributed by atoms with Crippen molar-refractivity contribution in [3.8, 4) is 0 Å². The summed E-state index contributed by atoms with van der Waals surface area (Å²) in [6.07, 6.45) is 1.88. The maximum absolute atomic E-state index is 10.5. The van der Waals surface area contributed by atoms with Gasteiger partial charge in [0.15, 0.2) is 0 Å². The molecule has 0 aliphatic carbocycles. The summed E-state index contributed by atoms with van der Waals surface area (Å²) in [5.41, 5.74) is 0.957. The molecule has 17 heavy (non-hydrogen) atoms. The maximum atomic E-state index is 10.5. The lowest BCUT2D eigenvalue weighted by Crippen LogP contribution is -2.12. The van der Waals surface area contributed by atoms with Crippen molar-refractivity contribution in [3.05, 3.63) is 45.1 Å². The smallest absolute Gasteiger partial charge is 0.306 e. The Labute approximate surface area is 102 Å². The Morgan fingerprint density at radius 1 is 1.47 bits per heavy atom. The van der Waals surface area contributed by atoms with Gasteiger partial charge in [0.25, 0.3) is 0 Å². The van der Waals surface area contributed by atoms with Crippen molar-refractivity contribution in [1.82, 2.24) is 15.1 Å². The molecule has 0 saturated carbocycles. The monoisotopic (exact) mass is 252 g/mol. The molecule has 0 bridgehead atoms. The van der Waals surface area contributed by atoms with Gasteiger partial charge >= 0.3 is 5.00 Å². The molecule has 0 aliphatic rings. The third-order valence-electron chi connectivity index (χ3n) is 2.20. The fourth-order valence-corrected chi connectivity index (χ4v) is 2.22. The van der Waals surface area contributed by atoms with Crippen LogP contribution in [0.2, 0.25) is 0 Å². The van der Waals surface area contributed by atoms with E-state index >= 15 is 0 Å². The first-order valence-electron chi connectivity index (χ1n) is 5.07. The summed E-state index contributed by atoms with van der Waals surface area (Å²) in [5.74, 6) is 0. The summed E-state index contributed by atoms with van der Waals surface area (Å²) in [6.45, 7) is 1.28. The lowest BCUT2D eigenvalue weighted by molar-refractivity contribution is -0.380. The SMILES string of the molecule is Cn1ccc(CNCc2ccc([N+](=O)[O-])s2)n1. The molecule has 7 heteroatoms. The molecular formula is C10H12N4O2S. The molecule has 0 atom stereocenters. The minimum Gasteiger partial charge on any atom is -0.306 e. The van der Waals surface area contributed by atoms with Gasteiger partial charge in [0.1, 0.15) is 0 Å². The van der Waals surface area contributed by atoms with Crippen LogP contribution in [0.15, 0.2) is 24.4 Å². The van der Waals surface area contributed by atoms with E-state index in [4.69, 9.17) is 0 Å². The summed E-state index contributed by atoms with van der Waals surface area (Å²) in [7, 11) is 1.87. The van der Waals surface area contributed by atoms with Gasteiger partial charge in [-0.2, -0.15) is 5.10 Å². The van der Waals surface area contributed by atoms with E-state index in [1.807, 2.05) is 19.3 Å². The number of nitrogens with zero attached hydrogens (tertiary/aromatic N) is 3. The van der Waals surface area contributed by atoms with Crippen molar-refractivity contribution in [2.45, 2.75) is 13.1 Å². The Morgan fingerprint density at radius 3 is 2.88 bits per heavy atom. The molecule has 0 unspecified atom stereocenters. The number of hydrogen-bond donors (Lipinski definition) is 1. The van der Waals surface area contributed by atoms with Crippen LogP contribution in [0.1, 0.15) is 10.6 Å². The molecule has 2 aromatic heterocycles. The predicted molar refractivity (Wildman–Crippen MR) is 64.7 cm³/mol. The minimum absolute atomic E-state index is 0.180. The molecule has 0 aliphatic heterocycles. The van der Waals surface area contributed by atoms with E-state index in [1.54, 1.807) is 10.7 Å². The predicted octanol–water partition coefficient (Wildman–Crippen LogP) is 1.68. The van der Waals surface area contributed by atoms with Crippen LogP contribution in [0.4, 0.5) is 5.00 Å². The second-order valence-electron chi connectivity index (χ2n) is 3.58. The molecule has 6 nitrogen and oxygen atoms in total. The molecule has 0 radical (unpaired) electrons. The number of hydrogen-bond acceptors (Lipinski definition) is 5. The number of thiophene rings is 1. The van der Waals surface area contributed by atoms with Gasteiger partial charge in [-0.25, -0.2) is 0 Å². The van der Waals surface area contributed by atoms with Crippen molar-refractivity contribution in [1.29, 1.82) is 0 Å². The average molecular weight is 252 g/mol. The van der Waals surface area contributed by atoms with Crippen molar-refractivity contribution in [3.63, 3.8) is 0 Å². The van der Waals surface area contributed by atoms with Crippen molar-refractivity contribution < 1.29 is 4.92 Å². The summed E-state index contributed by atoms with van der Waals surface area (Å²) >= 11 is 1.19. The van der Waals surface area contributed by atoms with Gasteiger partial charge in [0, 0.05) is 37.3 Å². The molecule has 0 fully saturated rings. The van der Waals surface area contributed by atoms with Crippen molar-refractivity contribution in [2.75, 3.05) is 0 Å². The third-order valence-corrected chi connectivity index (χ3v) is 3.24. The minimum atomic E-state index is -0.368. The first-order chi connectivity index (χ1) is 8.15. The van der Waals surface area contributed by atoms with Crippen LogP contribution >= 0.6 is 11.3 Å². The second kappa shape index (κ2) is 5.07. The molecule has 2 rings (SSSR count). The first-order valence-corrected chi connectivity index (χ1v) is 5.89. The van der Waals surface area contributed by atoms with E-state index in [9.17, 15) is 10.1 Å². The van der Waals surface area contributed by atoms with Gasteiger partial charge < -0.3 is 5.32 Å². The Kier molecular flexibility index (Phi) is 3.50. The van der Waals surface area contributed by atoms with Crippen LogP contribution in [0.25, 0.3) is 0 Å². The molecule has 1 N–H and O–H groups in total. The van der Waals surface area contributed by atoms with Crippen LogP contribution in [0, 0.1) is 10.1 Å². The van der Waals surface area contributed by atoms with Gasteiger partial charge in [-0.1, -0.05) is 11.3 Å². The topological polar surface area (TPSA) is 73.0 Å². The summed E-state index contributed by atoms with van der Waals surface area (Å²) in [5, 5.41) is 18.1. The highest BCUT2D eigenvalue weighted by atomic mass is 32.1. The van der Waals surface area contributed by atoms with Crippen LogP contribution in [0.5, 0.6) is 0 Å². The highest BCUT2D eigenvalue weighted by Crippen LogP contribution is 2.23. The molecular weight excluding hydrogens is 240 g/mol. The molecule has 90 valence electrons. The highest BCUT2D eigenvalue weighted by Gasteiger charge is 2.09. The van der Waals surface area contributed by atoms with Crippen LogP contribution in [-0.2, 0) is 20.1 Å². The number of aryl methyl sites for hydroxylation is 1. The molecule has 0 aromatic carbocycles. The van der Waals surface area contributed by atoms with Crippen LogP contribution in [0.3, 0.4) is 0 Å². The number of aromatic nitrogens is 2. The Morgan fingerprint density at radius 2 is 2.29 bits per heavy atom. The lowest BCUT2D eigenvalue weighted by Gasteiger charge is -1.99. The van der Waals surface area contributed by atoms with E-state index in [0.29, 0.717) is 13.1 Å². The van der Waals surface area contributed by atoms with Crippen molar-refractivity contribution >= 4 is 16.3 Å². The zero-order chi connectivity index (χ0) is 12.3. The van der Waals surface area contributed by atoms with Crippen LogP contribution in [-0.4, -0.2) is 14.7 Å². The Bertz CT molecular complexity index is 520. The average Bonchev–Trinajstić information content (AvgIpc) is 2.88. The number of rotatable bonds is 5. The molecule has 2 aromatic rings. The van der Waals surface area contributed by atoms with Gasteiger partial charge in [-0.05, 0) is 12.1 Å². The molecule has 2 heterocycles. The second-order valence-corrected chi connectivity index (χ2v) is 4.73. The molecule has 0 amide bonds. The zero-order valence-corrected chi connectivity index (χ0v) is 10.1. The van der Waals surface area contributed by atoms with Crippen LogP contribution < -0.4 is 5.32 Å². The van der Waals surface area contributed by atoms with Gasteiger partial charge in [-0.15, -0.1) is 0 Å². The summed E-state index contributed by atoms with van der Waals surface area (Å²) in [6, 6.07) is 5.24. The quantitative estimate of drug-likeness (QED) is 0.649. The highest BCUT2D eigenvalue weighted by molar-refractivity contribution is 7.15. The number of nitro groups is 1. The van der Waals surface area contributed by atoms with Gasteiger partial charge in [-0.3, -0.25) is 14.8 Å². The Balaban J connectivity index is 1.83. The first kappa shape index (κ1) is 11.7. The fourth-order valence-electron chi connectivity index (χ4n) is 1.43. The third kappa shape index (κ3) is 3.11. The van der Waals surface area contributed by atoms with Gasteiger partial charge in [0.05, 0.1) is 10.6 Å². The lowest BCUT2D eigenvalue weighted by atomic mass is 10.4.